The van der Waals surface area contributed by atoms with Gasteiger partial charge in [-0.2, -0.15) is 5.26 Å². The minimum atomic E-state index is 0.536. The maximum absolute atomic E-state index is 12.9. The van der Waals surface area contributed by atoms with Crippen molar-refractivity contribution < 1.29 is 0 Å². The van der Waals surface area contributed by atoms with Gasteiger partial charge >= 0.3 is 0 Å². The summed E-state index contributed by atoms with van der Waals surface area (Å²) in [5.74, 6) is 0. The second kappa shape index (κ2) is 16.6. The lowest BCUT2D eigenvalue weighted by Crippen LogP contribution is -2.16. The van der Waals surface area contributed by atoms with Crippen molar-refractivity contribution in [2.45, 2.75) is 0 Å². The number of hydrogen-bond donors (Lipinski definition) is 0. The molecular weight excluding hydrogens is 961 g/mol. The normalized spacial score (nSPS) is 12.0. The van der Waals surface area contributed by atoms with Crippen LogP contribution in [0.5, 0.6) is 0 Å². The van der Waals surface area contributed by atoms with Crippen LogP contribution < -0.4 is 0 Å². The molecule has 0 bridgehead atoms. The van der Waals surface area contributed by atoms with Crippen LogP contribution in [-0.2, 0) is 0 Å². The van der Waals surface area contributed by atoms with Crippen molar-refractivity contribution in [3.63, 3.8) is 0 Å². The number of para-hydroxylation sites is 10. The van der Waals surface area contributed by atoms with Crippen LogP contribution >= 0.6 is 0 Å². The molecule has 12 aromatic carbocycles. The highest BCUT2D eigenvalue weighted by Crippen LogP contribution is 2.52. The van der Waals surface area contributed by atoms with E-state index in [9.17, 15) is 5.26 Å². The van der Waals surface area contributed by atoms with Gasteiger partial charge in [-0.05, 0) is 78.4 Å². The minimum absolute atomic E-state index is 0.536. The van der Waals surface area contributed by atoms with Gasteiger partial charge in [-0.15, -0.1) is 0 Å². The molecule has 5 aromatic heterocycles. The number of rotatable bonds is 6. The fourth-order valence-electron chi connectivity index (χ4n) is 13.6. The fraction of sp³-hybridized carbons (Fsp3) is 0. The topological polar surface area (TPSA) is 48.4 Å². The molecule has 17 aromatic rings. The third-order valence-electron chi connectivity index (χ3n) is 16.7. The van der Waals surface area contributed by atoms with Crippen molar-refractivity contribution in [2.24, 2.45) is 0 Å². The molecule has 0 aliphatic rings. The molecule has 17 rings (SSSR count). The molecule has 0 spiro atoms. The van der Waals surface area contributed by atoms with E-state index in [2.05, 4.69) is 296 Å². The van der Waals surface area contributed by atoms with Gasteiger partial charge in [0.1, 0.15) is 11.6 Å². The number of benzene rings is 12. The average molecular weight is 1010 g/mol. The van der Waals surface area contributed by atoms with E-state index in [1.165, 1.54) is 10.8 Å². The van der Waals surface area contributed by atoms with E-state index in [1.807, 2.05) is 0 Å². The highest BCUT2D eigenvalue weighted by atomic mass is 15.1. The number of hydrogen-bond acceptors (Lipinski definition) is 1. The van der Waals surface area contributed by atoms with Gasteiger partial charge in [0, 0.05) is 65.1 Å². The largest absolute Gasteiger partial charge is 0.309 e. The first-order chi connectivity index (χ1) is 39.2. The predicted octanol–water partition coefficient (Wildman–Crippen LogP) is 18.7. The molecule has 0 saturated heterocycles. The number of aromatic nitrogens is 5. The fourth-order valence-corrected chi connectivity index (χ4v) is 13.6. The molecule has 6 heteroatoms. The maximum atomic E-state index is 12.9. The van der Waals surface area contributed by atoms with Gasteiger partial charge < -0.3 is 22.8 Å². The molecule has 0 saturated carbocycles. The van der Waals surface area contributed by atoms with E-state index < -0.39 is 0 Å². The summed E-state index contributed by atoms with van der Waals surface area (Å²) in [6, 6.07) is 99.5. The van der Waals surface area contributed by atoms with Crippen molar-refractivity contribution >= 4 is 109 Å². The quantitative estimate of drug-likeness (QED) is 0.164. The molecule has 5 heterocycles. The van der Waals surface area contributed by atoms with Gasteiger partial charge in [0.15, 0.2) is 0 Å². The van der Waals surface area contributed by atoms with Gasteiger partial charge in [-0.1, -0.05) is 194 Å². The Morgan fingerprint density at radius 1 is 0.228 bits per heavy atom. The van der Waals surface area contributed by atoms with E-state index in [4.69, 9.17) is 0 Å². The van der Waals surface area contributed by atoms with E-state index in [0.29, 0.717) is 5.56 Å². The molecule has 0 aliphatic carbocycles. The lowest BCUT2D eigenvalue weighted by Gasteiger charge is -2.29. The Balaban J connectivity index is 1.20. The predicted molar refractivity (Wildman–Crippen MR) is 328 cm³/mol. The molecule has 0 radical (unpaired) electrons. The van der Waals surface area contributed by atoms with Crippen molar-refractivity contribution in [1.82, 2.24) is 22.8 Å². The molecular formula is C73H44N6. The first kappa shape index (κ1) is 43.4. The number of fused-ring (bicyclic) bond motifs is 15. The van der Waals surface area contributed by atoms with Crippen LogP contribution in [0.4, 0.5) is 0 Å². The first-order valence-corrected chi connectivity index (χ1v) is 26.9. The lowest BCUT2D eigenvalue weighted by atomic mass is 9.93. The Labute approximate surface area is 452 Å². The van der Waals surface area contributed by atoms with Crippen LogP contribution in [0, 0.1) is 11.3 Å². The van der Waals surface area contributed by atoms with Crippen LogP contribution in [0.1, 0.15) is 5.56 Å². The van der Waals surface area contributed by atoms with Crippen LogP contribution in [0.2, 0.25) is 0 Å². The zero-order valence-electron chi connectivity index (χ0n) is 42.6. The van der Waals surface area contributed by atoms with Gasteiger partial charge in [0.25, 0.3) is 0 Å². The Morgan fingerprint density at radius 3 is 0.709 bits per heavy atom. The van der Waals surface area contributed by atoms with E-state index in [0.717, 1.165) is 138 Å². The number of nitrogens with zero attached hydrogens (tertiary/aromatic N) is 6. The smallest absolute Gasteiger partial charge is 0.104 e. The standard InChI is InChI=1S/C73H44N6/c74-45-58-70(76-61-36-13-3-26-50(61)51-27-4-14-37-62(51)76)72(78-65-40-17-7-30-54(65)55-31-8-18-41-66(55)78)69(46-22-21-23-47(44-46)75-59-34-11-1-24-48(59)49-25-2-12-35-60(49)75)73(79-67-42-19-9-32-56(67)57-33-10-20-43-68(57)79)71(58)77-63-38-15-5-28-52(63)53-29-6-16-39-64(53)77/h1-44H. The van der Waals surface area contributed by atoms with Crippen molar-refractivity contribution in [2.75, 3.05) is 0 Å². The SMILES string of the molecule is N#Cc1c(-n2c3ccccc3c3ccccc32)c(-n2c3ccccc3c3ccccc32)c(-c2cccc(-n3c4ccccc4c4ccccc43)c2)c(-n2c3ccccc3c3ccccc32)c1-n1c2ccccc2c2ccccc21. The van der Waals surface area contributed by atoms with Crippen LogP contribution in [0.15, 0.2) is 267 Å². The zero-order chi connectivity index (χ0) is 51.9. The first-order valence-electron chi connectivity index (χ1n) is 26.9. The summed E-state index contributed by atoms with van der Waals surface area (Å²) in [4.78, 5) is 0. The summed E-state index contributed by atoms with van der Waals surface area (Å²) in [6.07, 6.45) is 0. The van der Waals surface area contributed by atoms with Gasteiger partial charge in [-0.3, -0.25) is 0 Å². The Morgan fingerprint density at radius 2 is 0.456 bits per heavy atom. The molecule has 79 heavy (non-hydrogen) atoms. The second-order valence-electron chi connectivity index (χ2n) is 20.7. The molecule has 0 aliphatic heterocycles. The highest BCUT2D eigenvalue weighted by molar-refractivity contribution is 6.17. The average Bonchev–Trinajstić information content (AvgIpc) is 4.35. The summed E-state index contributed by atoms with van der Waals surface area (Å²) in [6.45, 7) is 0. The third-order valence-corrected chi connectivity index (χ3v) is 16.7. The molecule has 0 unspecified atom stereocenters. The number of nitriles is 1. The summed E-state index contributed by atoms with van der Waals surface area (Å²) in [7, 11) is 0. The summed E-state index contributed by atoms with van der Waals surface area (Å²) in [5, 5.41) is 24.2. The molecule has 0 fully saturated rings. The van der Waals surface area contributed by atoms with Gasteiger partial charge in [-0.25, -0.2) is 0 Å². The molecule has 366 valence electrons. The molecule has 0 N–H and O–H groups in total. The van der Waals surface area contributed by atoms with Crippen LogP contribution in [0.25, 0.3) is 149 Å². The molecule has 6 nitrogen and oxygen atoms in total. The zero-order valence-corrected chi connectivity index (χ0v) is 42.6. The maximum Gasteiger partial charge on any atom is 0.104 e. The Bertz CT molecular complexity index is 4950. The van der Waals surface area contributed by atoms with E-state index in [-0.39, 0.29) is 0 Å². The van der Waals surface area contributed by atoms with Crippen molar-refractivity contribution in [1.29, 1.82) is 5.26 Å². The van der Waals surface area contributed by atoms with Crippen molar-refractivity contribution in [3.05, 3.63) is 272 Å². The summed E-state index contributed by atoms with van der Waals surface area (Å²) in [5.41, 5.74) is 17.3. The Hall–Kier alpha value is -10.9. The molecule has 0 amide bonds. The van der Waals surface area contributed by atoms with E-state index in [1.54, 1.807) is 0 Å². The second-order valence-corrected chi connectivity index (χ2v) is 20.7. The van der Waals surface area contributed by atoms with Crippen LogP contribution in [0.3, 0.4) is 0 Å². The van der Waals surface area contributed by atoms with Gasteiger partial charge in [0.05, 0.1) is 77.9 Å². The van der Waals surface area contributed by atoms with Gasteiger partial charge in [0.2, 0.25) is 0 Å². The lowest BCUT2D eigenvalue weighted by molar-refractivity contribution is 1.04. The summed E-state index contributed by atoms with van der Waals surface area (Å²) < 4.78 is 12.2. The minimum Gasteiger partial charge on any atom is -0.309 e. The summed E-state index contributed by atoms with van der Waals surface area (Å²) >= 11 is 0. The molecule has 0 atom stereocenters. The monoisotopic (exact) mass is 1000 g/mol. The highest BCUT2D eigenvalue weighted by Gasteiger charge is 2.35. The third kappa shape index (κ3) is 5.93. The Kier molecular flexibility index (Phi) is 9.10. The van der Waals surface area contributed by atoms with Crippen LogP contribution in [-0.4, -0.2) is 22.8 Å². The van der Waals surface area contributed by atoms with Crippen molar-refractivity contribution in [3.8, 4) is 45.6 Å². The van der Waals surface area contributed by atoms with E-state index >= 15 is 0 Å².